The van der Waals surface area contributed by atoms with E-state index < -0.39 is 20.0 Å². The van der Waals surface area contributed by atoms with Gasteiger partial charge in [0.25, 0.3) is 10.0 Å². The molecule has 3 rings (SSSR count). The van der Waals surface area contributed by atoms with E-state index in [2.05, 4.69) is 9.71 Å². The zero-order chi connectivity index (χ0) is 18.9. The van der Waals surface area contributed by atoms with Gasteiger partial charge in [-0.1, -0.05) is 0 Å². The van der Waals surface area contributed by atoms with E-state index in [-0.39, 0.29) is 15.6 Å². The van der Waals surface area contributed by atoms with Crippen LogP contribution in [0.1, 0.15) is 5.82 Å². The Morgan fingerprint density at radius 3 is 2.23 bits per heavy atom. The van der Waals surface area contributed by atoms with E-state index in [0.717, 1.165) is 0 Å². The molecule has 0 bridgehead atoms. The highest BCUT2D eigenvalue weighted by atomic mass is 32.2. The zero-order valence-electron chi connectivity index (χ0n) is 14.4. The number of aromatic nitrogens is 2. The molecule has 0 saturated carbocycles. The Morgan fingerprint density at radius 2 is 1.69 bits per heavy atom. The van der Waals surface area contributed by atoms with E-state index >= 15 is 0 Å². The molecule has 9 nitrogen and oxygen atoms in total. The van der Waals surface area contributed by atoms with Gasteiger partial charge in [-0.05, 0) is 31.2 Å². The topological polar surface area (TPSA) is 111 Å². The Hall–Kier alpha value is -1.95. The highest BCUT2D eigenvalue weighted by Gasteiger charge is 2.26. The normalized spacial score (nSPS) is 16.5. The van der Waals surface area contributed by atoms with Crippen LogP contribution >= 0.6 is 0 Å². The summed E-state index contributed by atoms with van der Waals surface area (Å²) in [6, 6.07) is 5.60. The van der Waals surface area contributed by atoms with Crippen LogP contribution in [0.15, 0.2) is 40.4 Å². The van der Waals surface area contributed by atoms with Crippen molar-refractivity contribution in [3.05, 3.63) is 36.3 Å². The molecule has 0 unspecified atom stereocenters. The summed E-state index contributed by atoms with van der Waals surface area (Å²) in [6.45, 7) is 3.02. The minimum atomic E-state index is -3.84. The highest BCUT2D eigenvalue weighted by Crippen LogP contribution is 2.21. The van der Waals surface area contributed by atoms with Crippen molar-refractivity contribution in [3.8, 4) is 0 Å². The number of aryl methyl sites for hydroxylation is 2. The van der Waals surface area contributed by atoms with Crippen molar-refractivity contribution >= 4 is 25.7 Å². The maximum Gasteiger partial charge on any atom is 0.280 e. The highest BCUT2D eigenvalue weighted by molar-refractivity contribution is 7.92. The molecule has 0 spiro atoms. The van der Waals surface area contributed by atoms with Crippen molar-refractivity contribution in [2.75, 3.05) is 31.0 Å². The molecule has 1 aliphatic heterocycles. The first kappa shape index (κ1) is 18.8. The minimum absolute atomic E-state index is 0.0949. The fourth-order valence-electron chi connectivity index (χ4n) is 2.49. The van der Waals surface area contributed by atoms with Gasteiger partial charge in [-0.2, -0.15) is 12.7 Å². The Morgan fingerprint density at radius 1 is 1.08 bits per heavy atom. The van der Waals surface area contributed by atoms with E-state index in [1.54, 1.807) is 18.5 Å². The van der Waals surface area contributed by atoms with Gasteiger partial charge in [0.1, 0.15) is 5.82 Å². The summed E-state index contributed by atoms with van der Waals surface area (Å²) in [5.74, 6) is 0.567. The second-order valence-corrected chi connectivity index (χ2v) is 9.45. The first-order valence-electron chi connectivity index (χ1n) is 7.91. The van der Waals surface area contributed by atoms with Crippen LogP contribution in [-0.2, 0) is 31.8 Å². The van der Waals surface area contributed by atoms with Crippen LogP contribution in [0.5, 0.6) is 0 Å². The molecule has 1 fully saturated rings. The van der Waals surface area contributed by atoms with Crippen LogP contribution in [-0.4, -0.2) is 57.0 Å². The molecule has 1 aromatic heterocycles. The Labute approximate surface area is 152 Å². The summed E-state index contributed by atoms with van der Waals surface area (Å²) < 4.78 is 60.4. The van der Waals surface area contributed by atoms with E-state index in [0.29, 0.717) is 32.1 Å². The summed E-state index contributed by atoms with van der Waals surface area (Å²) in [7, 11) is -5.76. The summed E-state index contributed by atoms with van der Waals surface area (Å²) in [4.78, 5) is 4.10. The van der Waals surface area contributed by atoms with Crippen LogP contribution < -0.4 is 4.72 Å². The van der Waals surface area contributed by atoms with Gasteiger partial charge in [-0.25, -0.2) is 13.4 Å². The first-order chi connectivity index (χ1) is 12.2. The maximum atomic E-state index is 12.6. The lowest BCUT2D eigenvalue weighted by Crippen LogP contribution is -2.40. The van der Waals surface area contributed by atoms with Gasteiger partial charge < -0.3 is 9.30 Å². The number of ether oxygens (including phenoxy) is 1. The lowest BCUT2D eigenvalue weighted by molar-refractivity contribution is 0.0730. The number of sulfonamides is 2. The van der Waals surface area contributed by atoms with Crippen LogP contribution in [0, 0.1) is 6.92 Å². The summed E-state index contributed by atoms with van der Waals surface area (Å²) in [5, 5.41) is -0.0949. The molecule has 1 aromatic carbocycles. The van der Waals surface area contributed by atoms with E-state index in [4.69, 9.17) is 4.74 Å². The van der Waals surface area contributed by atoms with Gasteiger partial charge in [0.2, 0.25) is 10.0 Å². The number of nitrogens with zero attached hydrogens (tertiary/aromatic N) is 3. The first-order valence-corrected chi connectivity index (χ1v) is 10.8. The quantitative estimate of drug-likeness (QED) is 0.785. The second kappa shape index (κ2) is 6.99. The standard InChI is InChI=1S/C15H20N4O5S2/c1-12-16-15(11-18(12)2)25(20,21)17-13-3-5-14(6-4-13)26(22,23)19-7-9-24-10-8-19/h3-6,11,17H,7-10H2,1-2H3. The molecule has 0 aliphatic carbocycles. The van der Waals surface area contributed by atoms with Gasteiger partial charge in [-0.15, -0.1) is 0 Å². The average Bonchev–Trinajstić information content (AvgIpc) is 2.96. The summed E-state index contributed by atoms with van der Waals surface area (Å²) >= 11 is 0. The maximum absolute atomic E-state index is 12.6. The largest absolute Gasteiger partial charge is 0.379 e. The molecule has 26 heavy (non-hydrogen) atoms. The van der Waals surface area contributed by atoms with Crippen LogP contribution in [0.4, 0.5) is 5.69 Å². The average molecular weight is 400 g/mol. The van der Waals surface area contributed by atoms with Crippen molar-refractivity contribution in [1.82, 2.24) is 13.9 Å². The van der Waals surface area contributed by atoms with Crippen molar-refractivity contribution in [2.24, 2.45) is 7.05 Å². The summed E-state index contributed by atoms with van der Waals surface area (Å²) in [6.07, 6.45) is 1.41. The summed E-state index contributed by atoms with van der Waals surface area (Å²) in [5.41, 5.74) is 0.259. The molecule has 0 atom stereocenters. The Bertz CT molecular complexity index is 972. The molecule has 142 valence electrons. The van der Waals surface area contributed by atoms with Gasteiger partial charge in [0, 0.05) is 32.0 Å². The van der Waals surface area contributed by atoms with E-state index in [1.165, 1.54) is 34.8 Å². The lowest BCUT2D eigenvalue weighted by Gasteiger charge is -2.26. The predicted octanol–water partition coefficient (Wildman–Crippen LogP) is 0.550. The molecule has 0 amide bonds. The number of anilines is 1. The molecule has 1 aliphatic rings. The van der Waals surface area contributed by atoms with Gasteiger partial charge >= 0.3 is 0 Å². The number of imidazole rings is 1. The number of benzene rings is 1. The van der Waals surface area contributed by atoms with Crippen molar-refractivity contribution < 1.29 is 21.6 Å². The molecule has 2 heterocycles. The number of morpholine rings is 1. The third-order valence-electron chi connectivity index (χ3n) is 4.08. The van der Waals surface area contributed by atoms with E-state index in [1.807, 2.05) is 0 Å². The molecule has 1 N–H and O–H groups in total. The van der Waals surface area contributed by atoms with Crippen LogP contribution in [0.3, 0.4) is 0 Å². The second-order valence-electron chi connectivity index (χ2n) is 5.88. The van der Waals surface area contributed by atoms with Crippen molar-refractivity contribution in [2.45, 2.75) is 16.8 Å². The van der Waals surface area contributed by atoms with Crippen molar-refractivity contribution in [1.29, 1.82) is 0 Å². The third-order valence-corrected chi connectivity index (χ3v) is 7.24. The lowest BCUT2D eigenvalue weighted by atomic mass is 10.3. The monoisotopic (exact) mass is 400 g/mol. The molecular weight excluding hydrogens is 380 g/mol. The van der Waals surface area contributed by atoms with Gasteiger partial charge in [0.15, 0.2) is 5.03 Å². The molecule has 1 saturated heterocycles. The van der Waals surface area contributed by atoms with Crippen LogP contribution in [0.2, 0.25) is 0 Å². The molecular formula is C15H20N4O5S2. The Kier molecular flexibility index (Phi) is 5.06. The van der Waals surface area contributed by atoms with Crippen molar-refractivity contribution in [3.63, 3.8) is 0 Å². The van der Waals surface area contributed by atoms with Gasteiger partial charge in [-0.3, -0.25) is 4.72 Å². The predicted molar refractivity (Wildman–Crippen MR) is 94.8 cm³/mol. The number of nitrogens with one attached hydrogen (secondary N) is 1. The fourth-order valence-corrected chi connectivity index (χ4v) is 5.00. The smallest absolute Gasteiger partial charge is 0.280 e. The number of rotatable bonds is 5. The third kappa shape index (κ3) is 3.75. The number of hydrogen-bond donors (Lipinski definition) is 1. The molecule has 11 heteroatoms. The Balaban J connectivity index is 1.79. The fraction of sp³-hybridized carbons (Fsp3) is 0.400. The molecule has 2 aromatic rings. The zero-order valence-corrected chi connectivity index (χ0v) is 16.0. The van der Waals surface area contributed by atoms with E-state index in [9.17, 15) is 16.8 Å². The SMILES string of the molecule is Cc1nc(S(=O)(=O)Nc2ccc(S(=O)(=O)N3CCOCC3)cc2)cn1C. The van der Waals surface area contributed by atoms with Crippen LogP contribution in [0.25, 0.3) is 0 Å². The molecule has 0 radical (unpaired) electrons. The minimum Gasteiger partial charge on any atom is -0.379 e. The number of hydrogen-bond acceptors (Lipinski definition) is 6. The van der Waals surface area contributed by atoms with Gasteiger partial charge in [0.05, 0.1) is 18.1 Å².